The SMILES string of the molecule is C=CCNC(=O)c1ccc(NC(=O)C(CN)C(C)C)cc1. The van der Waals surface area contributed by atoms with Crippen molar-refractivity contribution in [3.8, 4) is 0 Å². The first-order valence-corrected chi connectivity index (χ1v) is 6.99. The van der Waals surface area contributed by atoms with Crippen molar-refractivity contribution in [2.75, 3.05) is 18.4 Å². The predicted molar refractivity (Wildman–Crippen MR) is 85.0 cm³/mol. The quantitative estimate of drug-likeness (QED) is 0.669. The summed E-state index contributed by atoms with van der Waals surface area (Å²) in [5.41, 5.74) is 6.81. The fraction of sp³-hybridized carbons (Fsp3) is 0.375. The molecule has 5 nitrogen and oxygen atoms in total. The molecule has 1 aromatic rings. The van der Waals surface area contributed by atoms with Gasteiger partial charge in [0, 0.05) is 24.3 Å². The molecule has 0 radical (unpaired) electrons. The molecule has 0 heterocycles. The molecule has 114 valence electrons. The molecule has 21 heavy (non-hydrogen) atoms. The van der Waals surface area contributed by atoms with E-state index in [9.17, 15) is 9.59 Å². The maximum absolute atomic E-state index is 12.1. The van der Waals surface area contributed by atoms with E-state index in [1.54, 1.807) is 30.3 Å². The molecule has 0 bridgehead atoms. The molecule has 0 aliphatic heterocycles. The number of rotatable bonds is 7. The molecule has 0 aliphatic carbocycles. The summed E-state index contributed by atoms with van der Waals surface area (Å²) in [4.78, 5) is 23.8. The van der Waals surface area contributed by atoms with Crippen molar-refractivity contribution in [3.05, 3.63) is 42.5 Å². The number of benzene rings is 1. The Labute approximate surface area is 125 Å². The minimum absolute atomic E-state index is 0.101. The third kappa shape index (κ3) is 5.04. The zero-order valence-corrected chi connectivity index (χ0v) is 12.6. The first-order valence-electron chi connectivity index (χ1n) is 6.99. The summed E-state index contributed by atoms with van der Waals surface area (Å²) in [6.45, 7) is 8.20. The van der Waals surface area contributed by atoms with Gasteiger partial charge in [-0.15, -0.1) is 6.58 Å². The van der Waals surface area contributed by atoms with Crippen molar-refractivity contribution in [2.45, 2.75) is 13.8 Å². The lowest BCUT2D eigenvalue weighted by Gasteiger charge is -2.18. The number of anilines is 1. The van der Waals surface area contributed by atoms with Crippen LogP contribution in [0.25, 0.3) is 0 Å². The van der Waals surface area contributed by atoms with Crippen molar-refractivity contribution in [2.24, 2.45) is 17.6 Å². The third-order valence-electron chi connectivity index (χ3n) is 3.22. The Bertz CT molecular complexity index is 495. The molecule has 0 fully saturated rings. The summed E-state index contributed by atoms with van der Waals surface area (Å²) >= 11 is 0. The summed E-state index contributed by atoms with van der Waals surface area (Å²) in [7, 11) is 0. The van der Waals surface area contributed by atoms with Crippen molar-refractivity contribution >= 4 is 17.5 Å². The van der Waals surface area contributed by atoms with Gasteiger partial charge in [-0.1, -0.05) is 19.9 Å². The molecule has 0 saturated carbocycles. The van der Waals surface area contributed by atoms with Crippen LogP contribution in [0.4, 0.5) is 5.69 Å². The van der Waals surface area contributed by atoms with Gasteiger partial charge in [-0.2, -0.15) is 0 Å². The van der Waals surface area contributed by atoms with Gasteiger partial charge >= 0.3 is 0 Å². The minimum atomic E-state index is -0.222. The van der Waals surface area contributed by atoms with E-state index >= 15 is 0 Å². The number of amides is 2. The Hall–Kier alpha value is -2.14. The summed E-state index contributed by atoms with van der Waals surface area (Å²) < 4.78 is 0. The molecule has 1 unspecified atom stereocenters. The van der Waals surface area contributed by atoms with Gasteiger partial charge in [0.1, 0.15) is 0 Å². The molecule has 5 heteroatoms. The van der Waals surface area contributed by atoms with E-state index in [1.807, 2.05) is 13.8 Å². The Morgan fingerprint density at radius 3 is 2.38 bits per heavy atom. The third-order valence-corrected chi connectivity index (χ3v) is 3.22. The topological polar surface area (TPSA) is 84.2 Å². The molecule has 0 spiro atoms. The summed E-state index contributed by atoms with van der Waals surface area (Å²) in [5, 5.41) is 5.51. The molecule has 0 aromatic heterocycles. The summed E-state index contributed by atoms with van der Waals surface area (Å²) in [5.74, 6) is -0.314. The van der Waals surface area contributed by atoms with Gasteiger partial charge in [0.15, 0.2) is 0 Å². The van der Waals surface area contributed by atoms with Crippen LogP contribution in [0.5, 0.6) is 0 Å². The highest BCUT2D eigenvalue weighted by atomic mass is 16.2. The Kier molecular flexibility index (Phi) is 6.62. The number of hydrogen-bond acceptors (Lipinski definition) is 3. The minimum Gasteiger partial charge on any atom is -0.349 e. The number of hydrogen-bond donors (Lipinski definition) is 3. The van der Waals surface area contributed by atoms with Crippen LogP contribution in [0.1, 0.15) is 24.2 Å². The zero-order chi connectivity index (χ0) is 15.8. The molecule has 1 aromatic carbocycles. The second-order valence-corrected chi connectivity index (χ2v) is 5.15. The van der Waals surface area contributed by atoms with E-state index in [-0.39, 0.29) is 23.7 Å². The normalized spacial score (nSPS) is 11.8. The highest BCUT2D eigenvalue weighted by Crippen LogP contribution is 2.14. The average Bonchev–Trinajstić information content (AvgIpc) is 2.45. The predicted octanol–water partition coefficient (Wildman–Crippen LogP) is 1.77. The largest absolute Gasteiger partial charge is 0.349 e. The molecule has 1 rings (SSSR count). The molecule has 1 atom stereocenters. The monoisotopic (exact) mass is 289 g/mol. The van der Waals surface area contributed by atoms with E-state index in [0.717, 1.165) is 0 Å². The van der Waals surface area contributed by atoms with Crippen LogP contribution in [0.2, 0.25) is 0 Å². The highest BCUT2D eigenvalue weighted by molar-refractivity contribution is 5.96. The van der Waals surface area contributed by atoms with Crippen LogP contribution in [-0.4, -0.2) is 24.9 Å². The van der Waals surface area contributed by atoms with E-state index in [4.69, 9.17) is 5.73 Å². The van der Waals surface area contributed by atoms with Crippen molar-refractivity contribution in [3.63, 3.8) is 0 Å². The molecular weight excluding hydrogens is 266 g/mol. The fourth-order valence-corrected chi connectivity index (χ4v) is 1.89. The summed E-state index contributed by atoms with van der Waals surface area (Å²) in [6.07, 6.45) is 1.62. The van der Waals surface area contributed by atoms with Crippen molar-refractivity contribution in [1.29, 1.82) is 0 Å². The van der Waals surface area contributed by atoms with Crippen LogP contribution < -0.4 is 16.4 Å². The molecule has 4 N–H and O–H groups in total. The molecule has 0 aliphatic rings. The van der Waals surface area contributed by atoms with Crippen LogP contribution in [-0.2, 0) is 4.79 Å². The average molecular weight is 289 g/mol. The van der Waals surface area contributed by atoms with Crippen LogP contribution in [0.3, 0.4) is 0 Å². The van der Waals surface area contributed by atoms with Gasteiger partial charge in [-0.3, -0.25) is 9.59 Å². The summed E-state index contributed by atoms with van der Waals surface area (Å²) in [6, 6.07) is 6.74. The number of nitrogens with two attached hydrogens (primary N) is 1. The maximum atomic E-state index is 12.1. The van der Waals surface area contributed by atoms with Gasteiger partial charge in [-0.25, -0.2) is 0 Å². The van der Waals surface area contributed by atoms with Crippen LogP contribution in [0.15, 0.2) is 36.9 Å². The van der Waals surface area contributed by atoms with Crippen molar-refractivity contribution < 1.29 is 9.59 Å². The van der Waals surface area contributed by atoms with Gasteiger partial charge in [0.2, 0.25) is 5.91 Å². The van der Waals surface area contributed by atoms with Crippen LogP contribution >= 0.6 is 0 Å². The standard InChI is InChI=1S/C16H23N3O2/c1-4-9-18-15(20)12-5-7-13(8-6-12)19-16(21)14(10-17)11(2)3/h4-8,11,14H,1,9-10,17H2,2-3H3,(H,18,20)(H,19,21). The number of carbonyl (C=O) groups excluding carboxylic acids is 2. The maximum Gasteiger partial charge on any atom is 0.251 e. The highest BCUT2D eigenvalue weighted by Gasteiger charge is 2.20. The molecule has 2 amide bonds. The van der Waals surface area contributed by atoms with Gasteiger partial charge in [-0.05, 0) is 30.2 Å². The second kappa shape index (κ2) is 8.21. The van der Waals surface area contributed by atoms with Gasteiger partial charge in [0.25, 0.3) is 5.91 Å². The Morgan fingerprint density at radius 2 is 1.90 bits per heavy atom. The lowest BCUT2D eigenvalue weighted by molar-refractivity contribution is -0.120. The van der Waals surface area contributed by atoms with E-state index in [2.05, 4.69) is 17.2 Å². The van der Waals surface area contributed by atoms with Crippen LogP contribution in [0, 0.1) is 11.8 Å². The Balaban J connectivity index is 2.68. The lowest BCUT2D eigenvalue weighted by atomic mass is 9.95. The fourth-order valence-electron chi connectivity index (χ4n) is 1.89. The van der Waals surface area contributed by atoms with Gasteiger partial charge in [0.05, 0.1) is 5.92 Å². The Morgan fingerprint density at radius 1 is 1.29 bits per heavy atom. The zero-order valence-electron chi connectivity index (χ0n) is 12.6. The smallest absolute Gasteiger partial charge is 0.251 e. The molecule has 0 saturated heterocycles. The van der Waals surface area contributed by atoms with E-state index in [1.165, 1.54) is 0 Å². The first kappa shape index (κ1) is 16.9. The second-order valence-electron chi connectivity index (χ2n) is 5.15. The van der Waals surface area contributed by atoms with Crippen molar-refractivity contribution in [1.82, 2.24) is 5.32 Å². The number of nitrogens with one attached hydrogen (secondary N) is 2. The molecular formula is C16H23N3O2. The van der Waals surface area contributed by atoms with Gasteiger partial charge < -0.3 is 16.4 Å². The number of carbonyl (C=O) groups is 2. The van der Waals surface area contributed by atoms with E-state index in [0.29, 0.717) is 24.3 Å². The lowest BCUT2D eigenvalue weighted by Crippen LogP contribution is -2.33. The first-order chi connectivity index (χ1) is 9.99. The van der Waals surface area contributed by atoms with E-state index < -0.39 is 0 Å².